The molecule has 0 unspecified atom stereocenters. The number of halogens is 1. The molecule has 0 radical (unpaired) electrons. The predicted molar refractivity (Wildman–Crippen MR) is 130 cm³/mol. The molecule has 0 aliphatic rings. The molecular weight excluding hydrogens is 474 g/mol. The van der Waals surface area contributed by atoms with Crippen molar-refractivity contribution in [2.24, 2.45) is 0 Å². The molecule has 0 spiro atoms. The van der Waals surface area contributed by atoms with Crippen LogP contribution in [0.25, 0.3) is 28.0 Å². The Hall–Kier alpha value is -4.45. The van der Waals surface area contributed by atoms with Crippen LogP contribution >= 0.6 is 11.6 Å². The van der Waals surface area contributed by atoms with Gasteiger partial charge >= 0.3 is 0 Å². The van der Waals surface area contributed by atoms with Gasteiger partial charge in [-0.05, 0) is 24.4 Å². The van der Waals surface area contributed by atoms with E-state index in [9.17, 15) is 4.79 Å². The van der Waals surface area contributed by atoms with Crippen molar-refractivity contribution in [2.45, 2.75) is 19.9 Å². The highest BCUT2D eigenvalue weighted by molar-refractivity contribution is 6.35. The summed E-state index contributed by atoms with van der Waals surface area (Å²) in [6, 6.07) is 8.30. The van der Waals surface area contributed by atoms with Crippen LogP contribution in [-0.4, -0.2) is 42.0 Å². The molecule has 178 valence electrons. The summed E-state index contributed by atoms with van der Waals surface area (Å²) in [6.07, 6.45) is 1.32. The first-order valence-corrected chi connectivity index (χ1v) is 10.9. The van der Waals surface area contributed by atoms with Crippen molar-refractivity contribution in [1.29, 1.82) is 0 Å². The van der Waals surface area contributed by atoms with Crippen molar-refractivity contribution >= 4 is 34.0 Å². The number of anilines is 2. The van der Waals surface area contributed by atoms with Crippen LogP contribution in [0.15, 0.2) is 45.9 Å². The molecule has 1 atom stereocenters. The van der Waals surface area contributed by atoms with Crippen LogP contribution in [0.3, 0.4) is 0 Å². The summed E-state index contributed by atoms with van der Waals surface area (Å²) >= 11 is 6.39. The Kier molecular flexibility index (Phi) is 5.57. The van der Waals surface area contributed by atoms with Gasteiger partial charge in [0, 0.05) is 13.0 Å². The minimum absolute atomic E-state index is 0.165. The molecule has 0 fully saturated rings. The highest BCUT2D eigenvalue weighted by Crippen LogP contribution is 2.33. The highest BCUT2D eigenvalue weighted by atomic mass is 35.5. The molecule has 4 aromatic heterocycles. The Morgan fingerprint density at radius 2 is 2.09 bits per heavy atom. The minimum Gasteiger partial charge on any atom is -0.481 e. The molecule has 13 heteroatoms. The number of aromatic nitrogens is 7. The van der Waals surface area contributed by atoms with E-state index in [0.717, 1.165) is 0 Å². The zero-order valence-corrected chi connectivity index (χ0v) is 19.7. The number of pyridine rings is 1. The summed E-state index contributed by atoms with van der Waals surface area (Å²) in [5.74, 6) is 1.81. The lowest BCUT2D eigenvalue weighted by molar-refractivity contribution is 0.397. The van der Waals surface area contributed by atoms with Crippen molar-refractivity contribution < 1.29 is 9.15 Å². The van der Waals surface area contributed by atoms with Crippen molar-refractivity contribution in [3.8, 4) is 23.2 Å². The number of nitrogens with two attached hydrogens (primary N) is 1. The van der Waals surface area contributed by atoms with Gasteiger partial charge in [-0.15, -0.1) is 10.2 Å². The average Bonchev–Trinajstić information content (AvgIpc) is 3.48. The maximum absolute atomic E-state index is 13.6. The van der Waals surface area contributed by atoms with E-state index in [4.69, 9.17) is 26.5 Å². The largest absolute Gasteiger partial charge is 0.481 e. The monoisotopic (exact) mass is 493 g/mol. The number of fused-ring (bicyclic) bond motifs is 1. The number of nitrogen functional groups attached to an aromatic ring is 1. The van der Waals surface area contributed by atoms with Crippen LogP contribution in [0.2, 0.25) is 5.02 Å². The zero-order valence-electron chi connectivity index (χ0n) is 18.9. The van der Waals surface area contributed by atoms with Crippen LogP contribution in [-0.2, 0) is 0 Å². The molecule has 0 aliphatic heterocycles. The molecule has 0 bridgehead atoms. The number of nitrogens with zero attached hydrogens (tertiary/aromatic N) is 6. The van der Waals surface area contributed by atoms with Gasteiger partial charge in [-0.1, -0.05) is 23.7 Å². The van der Waals surface area contributed by atoms with E-state index in [0.29, 0.717) is 50.5 Å². The summed E-state index contributed by atoms with van der Waals surface area (Å²) in [6.45, 7) is 3.54. The average molecular weight is 494 g/mol. The number of hydrogen-bond acceptors (Lipinski definition) is 10. The molecule has 0 amide bonds. The maximum Gasteiger partial charge on any atom is 0.266 e. The van der Waals surface area contributed by atoms with Crippen LogP contribution in [0.1, 0.15) is 24.6 Å². The van der Waals surface area contributed by atoms with Gasteiger partial charge < -0.3 is 20.2 Å². The summed E-state index contributed by atoms with van der Waals surface area (Å²) in [7, 11) is 1.50. The molecule has 12 nitrogen and oxygen atoms in total. The molecule has 0 aliphatic carbocycles. The first-order chi connectivity index (χ1) is 16.9. The van der Waals surface area contributed by atoms with E-state index >= 15 is 0 Å². The lowest BCUT2D eigenvalue weighted by Gasteiger charge is -2.21. The van der Waals surface area contributed by atoms with Gasteiger partial charge in [-0.2, -0.15) is 5.10 Å². The number of aromatic amines is 1. The second kappa shape index (κ2) is 8.72. The van der Waals surface area contributed by atoms with Gasteiger partial charge in [0.2, 0.25) is 11.8 Å². The van der Waals surface area contributed by atoms with Crippen molar-refractivity contribution in [2.75, 3.05) is 18.2 Å². The van der Waals surface area contributed by atoms with E-state index < -0.39 is 6.04 Å². The number of ether oxygens (including phenoxy) is 1. The van der Waals surface area contributed by atoms with Gasteiger partial charge in [0.25, 0.3) is 11.4 Å². The lowest BCUT2D eigenvalue weighted by Crippen LogP contribution is -2.26. The first-order valence-electron chi connectivity index (χ1n) is 10.5. The fourth-order valence-corrected chi connectivity index (χ4v) is 4.07. The molecular formula is C22H20ClN9O3. The molecule has 5 aromatic rings. The number of H-pyrrole nitrogens is 1. The Balaban J connectivity index is 1.67. The lowest BCUT2D eigenvalue weighted by atomic mass is 10.1. The van der Waals surface area contributed by atoms with Crippen molar-refractivity contribution in [3.05, 3.63) is 63.6 Å². The third kappa shape index (κ3) is 3.93. The normalized spacial score (nSPS) is 12.1. The molecule has 5 rings (SSSR count). The highest BCUT2D eigenvalue weighted by Gasteiger charge is 2.23. The van der Waals surface area contributed by atoms with Gasteiger partial charge in [0.05, 0.1) is 29.3 Å². The smallest absolute Gasteiger partial charge is 0.266 e. The molecule has 4 N–H and O–H groups in total. The van der Waals surface area contributed by atoms with Gasteiger partial charge in [0.15, 0.2) is 5.82 Å². The Bertz CT molecular complexity index is 1610. The number of hydrogen-bond donors (Lipinski definition) is 3. The van der Waals surface area contributed by atoms with Gasteiger partial charge in [0.1, 0.15) is 23.5 Å². The maximum atomic E-state index is 13.6. The van der Waals surface area contributed by atoms with Crippen molar-refractivity contribution in [1.82, 2.24) is 34.9 Å². The van der Waals surface area contributed by atoms with Gasteiger partial charge in [-0.25, -0.2) is 15.1 Å². The van der Waals surface area contributed by atoms with Crippen LogP contribution in [0, 0.1) is 6.92 Å². The van der Waals surface area contributed by atoms with Crippen LogP contribution < -0.4 is 21.3 Å². The van der Waals surface area contributed by atoms with Crippen LogP contribution in [0.5, 0.6) is 5.88 Å². The number of aryl methyl sites for hydroxylation is 1. The molecule has 0 saturated carbocycles. The summed E-state index contributed by atoms with van der Waals surface area (Å²) in [4.78, 5) is 22.0. The second-order valence-corrected chi connectivity index (χ2v) is 8.09. The SMILES string of the molecule is COc1cc(-n2c([C@H](C)Nc3ncnc(N)c3-c3nnc(C)o3)cc3cccc(Cl)c3c2=O)n[nH]1. The van der Waals surface area contributed by atoms with Crippen molar-refractivity contribution in [3.63, 3.8) is 0 Å². The molecule has 35 heavy (non-hydrogen) atoms. The second-order valence-electron chi connectivity index (χ2n) is 7.68. The Morgan fingerprint density at radius 3 is 2.80 bits per heavy atom. The van der Waals surface area contributed by atoms with E-state index in [1.54, 1.807) is 25.1 Å². The Morgan fingerprint density at radius 1 is 1.26 bits per heavy atom. The van der Waals surface area contributed by atoms with E-state index in [-0.39, 0.29) is 17.3 Å². The molecule has 1 aromatic carbocycles. The standard InChI is InChI=1S/C22H20ClN9O3/c1-10(27-20-18(19(24)25-9-26-20)21-31-28-11(2)35-21)14-7-12-5-4-6-13(23)17(12)22(33)32(14)15-8-16(34-3)30-29-15/h4-10H,1-3H3,(H,29,30)(H3,24,25,26,27)/t10-/m0/s1. The number of benzene rings is 1. The molecule has 0 saturated heterocycles. The summed E-state index contributed by atoms with van der Waals surface area (Å²) in [5.41, 5.74) is 6.73. The Labute approximate surface area is 203 Å². The van der Waals surface area contributed by atoms with Gasteiger partial charge in [-0.3, -0.25) is 9.36 Å². The van der Waals surface area contributed by atoms with E-state index in [1.165, 1.54) is 18.0 Å². The molecule has 4 heterocycles. The third-order valence-electron chi connectivity index (χ3n) is 5.43. The fraction of sp³-hybridized carbons (Fsp3) is 0.182. The number of methoxy groups -OCH3 is 1. The topological polar surface area (TPSA) is 163 Å². The van der Waals surface area contributed by atoms with E-state index in [1.807, 2.05) is 19.1 Å². The summed E-state index contributed by atoms with van der Waals surface area (Å²) < 4.78 is 12.2. The third-order valence-corrected chi connectivity index (χ3v) is 5.74. The quantitative estimate of drug-likeness (QED) is 0.320. The minimum atomic E-state index is -0.467. The first kappa shape index (κ1) is 22.3. The number of nitrogens with one attached hydrogen (secondary N) is 2. The summed E-state index contributed by atoms with van der Waals surface area (Å²) in [5, 5.41) is 19.6. The zero-order chi connectivity index (χ0) is 24.7. The fourth-order valence-electron chi connectivity index (χ4n) is 3.80. The number of rotatable bonds is 6. The predicted octanol–water partition coefficient (Wildman–Crippen LogP) is 3.28. The van der Waals surface area contributed by atoms with E-state index in [2.05, 4.69) is 35.7 Å². The van der Waals surface area contributed by atoms with Crippen LogP contribution in [0.4, 0.5) is 11.6 Å².